The third kappa shape index (κ3) is 2.20. The van der Waals surface area contributed by atoms with Crippen LogP contribution in [-0.2, 0) is 0 Å². The van der Waals surface area contributed by atoms with Crippen molar-refractivity contribution in [1.82, 2.24) is 9.97 Å². The highest BCUT2D eigenvalue weighted by Gasteiger charge is 2.28. The van der Waals surface area contributed by atoms with Crippen LogP contribution in [0.3, 0.4) is 0 Å². The number of Topliss-reactive ketones (excluding diaryl/α,β-unsaturated/α-hetero) is 1. The van der Waals surface area contributed by atoms with Crippen molar-refractivity contribution in [3.63, 3.8) is 0 Å². The Balaban J connectivity index is 1.97. The molecule has 5 heteroatoms. The van der Waals surface area contributed by atoms with E-state index in [4.69, 9.17) is 0 Å². The van der Waals surface area contributed by atoms with Crippen LogP contribution in [0.4, 0.5) is 0 Å². The average Bonchev–Trinajstić information content (AvgIpc) is 2.46. The van der Waals surface area contributed by atoms with E-state index in [0.717, 1.165) is 4.90 Å². The maximum atomic E-state index is 12.2. The van der Waals surface area contributed by atoms with Crippen molar-refractivity contribution >= 4 is 23.3 Å². The van der Waals surface area contributed by atoms with Crippen LogP contribution in [0, 0.1) is 0 Å². The first kappa shape index (κ1) is 11.8. The lowest BCUT2D eigenvalue weighted by Crippen LogP contribution is -2.18. The van der Waals surface area contributed by atoms with Gasteiger partial charge in [-0.3, -0.25) is 9.59 Å². The predicted molar refractivity (Wildman–Crippen MR) is 71.1 cm³/mol. The second-order valence-corrected chi connectivity index (χ2v) is 4.99. The third-order valence-electron chi connectivity index (χ3n) is 2.60. The fraction of sp³-hybridized carbons (Fsp3) is 0. The van der Waals surface area contributed by atoms with Gasteiger partial charge in [0.25, 0.3) is 0 Å². The number of fused-ring (bicyclic) bond motifs is 1. The first-order valence-corrected chi connectivity index (χ1v) is 6.42. The molecule has 0 saturated heterocycles. The van der Waals surface area contributed by atoms with E-state index in [9.17, 15) is 9.59 Å². The van der Waals surface area contributed by atoms with Crippen molar-refractivity contribution < 1.29 is 9.59 Å². The second-order valence-electron chi connectivity index (χ2n) is 3.87. The molecule has 0 radical (unpaired) electrons. The van der Waals surface area contributed by atoms with Gasteiger partial charge >= 0.3 is 0 Å². The molecule has 19 heavy (non-hydrogen) atoms. The molecule has 4 nitrogen and oxygen atoms in total. The number of benzene rings is 1. The first-order valence-electron chi connectivity index (χ1n) is 5.60. The van der Waals surface area contributed by atoms with E-state index in [-0.39, 0.29) is 23.0 Å². The van der Waals surface area contributed by atoms with Crippen LogP contribution >= 0.6 is 11.8 Å². The highest BCUT2D eigenvalue weighted by Crippen LogP contribution is 2.31. The van der Waals surface area contributed by atoms with E-state index in [1.54, 1.807) is 0 Å². The number of nitrogens with zero attached hydrogens (tertiary/aromatic N) is 2. The Morgan fingerprint density at radius 3 is 2.32 bits per heavy atom. The summed E-state index contributed by atoms with van der Waals surface area (Å²) < 4.78 is 0. The van der Waals surface area contributed by atoms with Crippen LogP contribution in [0.1, 0.15) is 21.0 Å². The summed E-state index contributed by atoms with van der Waals surface area (Å²) in [5.41, 5.74) is 0.262. The van der Waals surface area contributed by atoms with Gasteiger partial charge in [0.05, 0.1) is 4.91 Å². The zero-order valence-corrected chi connectivity index (χ0v) is 10.6. The summed E-state index contributed by atoms with van der Waals surface area (Å²) in [6, 6.07) is 9.43. The number of thioether (sulfide) groups is 1. The molecule has 0 bridgehead atoms. The number of aromatic nitrogens is 2. The molecule has 1 aromatic heterocycles. The van der Waals surface area contributed by atoms with Gasteiger partial charge in [-0.05, 0) is 12.1 Å². The molecule has 92 valence electrons. The largest absolute Gasteiger partial charge is 0.287 e. The Morgan fingerprint density at radius 1 is 0.895 bits per heavy atom. The highest BCUT2D eigenvalue weighted by molar-refractivity contribution is 8.04. The Morgan fingerprint density at radius 2 is 1.58 bits per heavy atom. The second kappa shape index (κ2) is 4.78. The molecule has 2 aromatic rings. The van der Waals surface area contributed by atoms with Gasteiger partial charge < -0.3 is 0 Å². The number of allylic oxidation sites excluding steroid dienone is 2. The molecule has 0 saturated carbocycles. The number of hydrogen-bond acceptors (Lipinski definition) is 5. The van der Waals surface area contributed by atoms with Crippen LogP contribution < -0.4 is 0 Å². The summed E-state index contributed by atoms with van der Waals surface area (Å²) in [5, 5.41) is 0. The van der Waals surface area contributed by atoms with Crippen molar-refractivity contribution in [3.8, 4) is 0 Å². The maximum absolute atomic E-state index is 12.2. The summed E-state index contributed by atoms with van der Waals surface area (Å²) in [5.74, 6) is -0.530. The van der Waals surface area contributed by atoms with Crippen LogP contribution in [-0.4, -0.2) is 21.5 Å². The lowest BCUT2D eigenvalue weighted by atomic mass is 10.1. The van der Waals surface area contributed by atoms with Gasteiger partial charge in [-0.2, -0.15) is 0 Å². The molecule has 3 rings (SSSR count). The fourth-order valence-corrected chi connectivity index (χ4v) is 2.65. The predicted octanol–water partition coefficient (Wildman–Crippen LogP) is 2.53. The molecule has 1 aliphatic rings. The molecule has 0 N–H and O–H groups in total. The van der Waals surface area contributed by atoms with Crippen LogP contribution in [0.2, 0.25) is 0 Å². The summed E-state index contributed by atoms with van der Waals surface area (Å²) in [7, 11) is 0. The SMILES string of the molecule is O=C1C=C(Sc2ccccc2)C(=O)c2nccnc21. The van der Waals surface area contributed by atoms with Crippen molar-refractivity contribution in [3.05, 3.63) is 65.1 Å². The van der Waals surface area contributed by atoms with Crippen molar-refractivity contribution in [1.29, 1.82) is 0 Å². The number of carbonyl (C=O) groups is 2. The molecule has 0 aliphatic heterocycles. The molecule has 0 amide bonds. The fourth-order valence-electron chi connectivity index (χ4n) is 1.75. The summed E-state index contributed by atoms with van der Waals surface area (Å²) in [6.07, 6.45) is 4.16. The van der Waals surface area contributed by atoms with Gasteiger partial charge in [-0.1, -0.05) is 30.0 Å². The Labute approximate surface area is 113 Å². The molecular weight excluding hydrogens is 260 g/mol. The topological polar surface area (TPSA) is 59.9 Å². The van der Waals surface area contributed by atoms with E-state index in [2.05, 4.69) is 9.97 Å². The highest BCUT2D eigenvalue weighted by atomic mass is 32.2. The summed E-state index contributed by atoms with van der Waals surface area (Å²) in [4.78, 5) is 33.3. The van der Waals surface area contributed by atoms with E-state index < -0.39 is 0 Å². The van der Waals surface area contributed by atoms with Crippen molar-refractivity contribution in [2.75, 3.05) is 0 Å². The zero-order valence-electron chi connectivity index (χ0n) is 9.74. The molecule has 0 atom stereocenters. The van der Waals surface area contributed by atoms with E-state index in [1.807, 2.05) is 30.3 Å². The van der Waals surface area contributed by atoms with Gasteiger partial charge in [0, 0.05) is 23.4 Å². The van der Waals surface area contributed by atoms with Gasteiger partial charge in [0.1, 0.15) is 11.4 Å². The molecular formula is C14H8N2O2S. The number of ketones is 2. The van der Waals surface area contributed by atoms with Crippen LogP contribution in [0.5, 0.6) is 0 Å². The minimum atomic E-state index is -0.277. The molecule has 0 fully saturated rings. The summed E-state index contributed by atoms with van der Waals surface area (Å²) >= 11 is 1.26. The number of hydrogen-bond donors (Lipinski definition) is 0. The van der Waals surface area contributed by atoms with E-state index >= 15 is 0 Å². The molecule has 1 heterocycles. The van der Waals surface area contributed by atoms with Gasteiger partial charge in [0.2, 0.25) is 11.6 Å². The van der Waals surface area contributed by atoms with E-state index in [1.165, 1.54) is 30.2 Å². The quantitative estimate of drug-likeness (QED) is 0.837. The maximum Gasteiger partial charge on any atom is 0.220 e. The Hall–Kier alpha value is -2.27. The van der Waals surface area contributed by atoms with Gasteiger partial charge in [-0.25, -0.2) is 9.97 Å². The molecule has 1 aromatic carbocycles. The van der Waals surface area contributed by atoms with Crippen molar-refractivity contribution in [2.45, 2.75) is 4.90 Å². The monoisotopic (exact) mass is 268 g/mol. The zero-order chi connectivity index (χ0) is 13.2. The van der Waals surface area contributed by atoms with Crippen LogP contribution in [0.15, 0.2) is 58.6 Å². The Bertz CT molecular complexity index is 696. The Kier molecular flexibility index (Phi) is 2.97. The number of rotatable bonds is 2. The van der Waals surface area contributed by atoms with Gasteiger partial charge in [0.15, 0.2) is 0 Å². The summed E-state index contributed by atoms with van der Waals surface area (Å²) in [6.45, 7) is 0. The van der Waals surface area contributed by atoms with Crippen molar-refractivity contribution in [2.24, 2.45) is 0 Å². The lowest BCUT2D eigenvalue weighted by Gasteiger charge is -2.12. The minimum absolute atomic E-state index is 0.130. The number of carbonyl (C=O) groups excluding carboxylic acids is 2. The molecule has 1 aliphatic carbocycles. The standard InChI is InChI=1S/C14H8N2O2S/c17-10-8-11(19-9-4-2-1-3-5-9)14(18)13-12(10)15-6-7-16-13/h1-8H. The van der Waals surface area contributed by atoms with Crippen LogP contribution in [0.25, 0.3) is 0 Å². The minimum Gasteiger partial charge on any atom is -0.287 e. The van der Waals surface area contributed by atoms with E-state index in [0.29, 0.717) is 4.91 Å². The van der Waals surface area contributed by atoms with Gasteiger partial charge in [-0.15, -0.1) is 0 Å². The first-order chi connectivity index (χ1) is 9.25. The molecule has 0 unspecified atom stereocenters. The normalized spacial score (nSPS) is 14.0. The third-order valence-corrected chi connectivity index (χ3v) is 3.63. The molecule has 0 spiro atoms. The lowest BCUT2D eigenvalue weighted by molar-refractivity contribution is 0.0983. The smallest absolute Gasteiger partial charge is 0.220 e. The average molecular weight is 268 g/mol.